The van der Waals surface area contributed by atoms with Gasteiger partial charge in [-0.3, -0.25) is 4.79 Å². The van der Waals surface area contributed by atoms with Gasteiger partial charge in [-0.05, 0) is 43.4 Å². The van der Waals surface area contributed by atoms with Crippen LogP contribution < -0.4 is 19.5 Å². The van der Waals surface area contributed by atoms with E-state index in [0.717, 1.165) is 12.0 Å². The minimum Gasteiger partial charge on any atom is -0.493 e. The molecular weight excluding hydrogens is 358 g/mol. The highest BCUT2D eigenvalue weighted by molar-refractivity contribution is 5.75. The standard InChI is InChI=1S/C22H31NO5/c1-6-8-22(3,4)11-16-19(21(24)26-7-2)15(12-23-16)14-9-17(25-5)20-18(10-14)27-13-28-20/h6,8-10,15-16,19,23H,7,11-13H2,1-5H3/b8-6+. The smallest absolute Gasteiger partial charge is 0.311 e. The molecule has 0 aromatic heterocycles. The number of methoxy groups -OCH3 is 1. The minimum atomic E-state index is -0.269. The highest BCUT2D eigenvalue weighted by Gasteiger charge is 2.44. The summed E-state index contributed by atoms with van der Waals surface area (Å²) in [6.45, 7) is 9.49. The van der Waals surface area contributed by atoms with E-state index in [1.54, 1.807) is 7.11 Å². The van der Waals surface area contributed by atoms with Gasteiger partial charge in [-0.15, -0.1) is 0 Å². The summed E-state index contributed by atoms with van der Waals surface area (Å²) in [5.41, 5.74) is 0.983. The lowest BCUT2D eigenvalue weighted by atomic mass is 9.77. The number of fused-ring (bicyclic) bond motifs is 1. The van der Waals surface area contributed by atoms with E-state index >= 15 is 0 Å². The second kappa shape index (κ2) is 8.43. The molecule has 6 nitrogen and oxygen atoms in total. The van der Waals surface area contributed by atoms with Gasteiger partial charge in [-0.25, -0.2) is 0 Å². The minimum absolute atomic E-state index is 0.0153. The first-order chi connectivity index (χ1) is 13.4. The molecule has 0 spiro atoms. The highest BCUT2D eigenvalue weighted by Crippen LogP contribution is 2.46. The number of hydrogen-bond acceptors (Lipinski definition) is 6. The fraction of sp³-hybridized carbons (Fsp3) is 0.591. The van der Waals surface area contributed by atoms with Gasteiger partial charge >= 0.3 is 5.97 Å². The van der Waals surface area contributed by atoms with Crippen molar-refractivity contribution < 1.29 is 23.7 Å². The Labute approximate surface area is 167 Å². The average molecular weight is 389 g/mol. The Morgan fingerprint density at radius 3 is 2.82 bits per heavy atom. The lowest BCUT2D eigenvalue weighted by molar-refractivity contribution is -0.149. The van der Waals surface area contributed by atoms with Crippen LogP contribution in [0.4, 0.5) is 0 Å². The second-order valence-corrected chi connectivity index (χ2v) is 8.05. The van der Waals surface area contributed by atoms with Crippen LogP contribution in [-0.4, -0.2) is 39.1 Å². The highest BCUT2D eigenvalue weighted by atomic mass is 16.7. The van der Waals surface area contributed by atoms with Crippen LogP contribution in [0.1, 0.15) is 45.6 Å². The van der Waals surface area contributed by atoms with Crippen molar-refractivity contribution in [1.29, 1.82) is 0 Å². The van der Waals surface area contributed by atoms with Gasteiger partial charge < -0.3 is 24.3 Å². The number of rotatable bonds is 7. The Balaban J connectivity index is 1.93. The van der Waals surface area contributed by atoms with E-state index in [4.69, 9.17) is 18.9 Å². The largest absolute Gasteiger partial charge is 0.493 e. The number of carbonyl (C=O) groups excluding carboxylic acids is 1. The van der Waals surface area contributed by atoms with Gasteiger partial charge in [0.2, 0.25) is 12.5 Å². The van der Waals surface area contributed by atoms with Crippen LogP contribution in [0, 0.1) is 11.3 Å². The van der Waals surface area contributed by atoms with Gasteiger partial charge in [0.15, 0.2) is 11.5 Å². The fourth-order valence-electron chi connectivity index (χ4n) is 4.35. The van der Waals surface area contributed by atoms with E-state index in [-0.39, 0.29) is 36.1 Å². The molecule has 1 aromatic carbocycles. The average Bonchev–Trinajstić information content (AvgIpc) is 3.27. The summed E-state index contributed by atoms with van der Waals surface area (Å²) in [4.78, 5) is 12.9. The molecule has 6 heteroatoms. The molecule has 1 N–H and O–H groups in total. The molecule has 0 bridgehead atoms. The summed E-state index contributed by atoms with van der Waals surface area (Å²) in [5, 5.41) is 3.57. The normalized spacial score (nSPS) is 24.0. The Morgan fingerprint density at radius 2 is 2.14 bits per heavy atom. The van der Waals surface area contributed by atoms with E-state index in [0.29, 0.717) is 30.4 Å². The van der Waals surface area contributed by atoms with E-state index in [2.05, 4.69) is 31.3 Å². The predicted octanol–water partition coefficient (Wildman–Crippen LogP) is 3.65. The van der Waals surface area contributed by atoms with Gasteiger partial charge in [0.1, 0.15) is 0 Å². The zero-order chi connectivity index (χ0) is 20.3. The third kappa shape index (κ3) is 4.12. The van der Waals surface area contributed by atoms with Crippen molar-refractivity contribution in [3.8, 4) is 17.2 Å². The van der Waals surface area contributed by atoms with Crippen molar-refractivity contribution >= 4 is 5.97 Å². The first kappa shape index (κ1) is 20.5. The molecule has 2 heterocycles. The summed E-state index contributed by atoms with van der Waals surface area (Å²) in [6.07, 6.45) is 5.10. The summed E-state index contributed by atoms with van der Waals surface area (Å²) < 4.78 is 22.0. The van der Waals surface area contributed by atoms with Crippen molar-refractivity contribution in [2.24, 2.45) is 11.3 Å². The zero-order valence-corrected chi connectivity index (χ0v) is 17.4. The van der Waals surface area contributed by atoms with Crippen LogP contribution in [0.5, 0.6) is 17.2 Å². The number of ether oxygens (including phenoxy) is 4. The molecule has 28 heavy (non-hydrogen) atoms. The maximum atomic E-state index is 12.9. The molecule has 0 radical (unpaired) electrons. The second-order valence-electron chi connectivity index (χ2n) is 8.05. The lowest BCUT2D eigenvalue weighted by Crippen LogP contribution is -2.37. The molecule has 0 saturated carbocycles. The fourth-order valence-corrected chi connectivity index (χ4v) is 4.35. The number of carbonyl (C=O) groups is 1. The zero-order valence-electron chi connectivity index (χ0n) is 17.4. The number of benzene rings is 1. The van der Waals surface area contributed by atoms with Crippen LogP contribution in [0.15, 0.2) is 24.3 Å². The van der Waals surface area contributed by atoms with Crippen molar-refractivity contribution in [3.63, 3.8) is 0 Å². The van der Waals surface area contributed by atoms with Crippen molar-refractivity contribution in [2.45, 2.75) is 46.1 Å². The molecule has 2 aliphatic heterocycles. The Bertz CT molecular complexity index is 743. The lowest BCUT2D eigenvalue weighted by Gasteiger charge is -2.29. The molecule has 1 aromatic rings. The van der Waals surface area contributed by atoms with Crippen LogP contribution in [0.25, 0.3) is 0 Å². The Morgan fingerprint density at radius 1 is 1.36 bits per heavy atom. The van der Waals surface area contributed by atoms with E-state index in [9.17, 15) is 4.79 Å². The molecule has 1 saturated heterocycles. The molecule has 0 aliphatic carbocycles. The van der Waals surface area contributed by atoms with Crippen LogP contribution in [-0.2, 0) is 9.53 Å². The molecule has 3 atom stereocenters. The Kier molecular flexibility index (Phi) is 6.18. The van der Waals surface area contributed by atoms with Gasteiger partial charge in [-0.1, -0.05) is 26.0 Å². The summed E-state index contributed by atoms with van der Waals surface area (Å²) in [7, 11) is 1.61. The predicted molar refractivity (Wildman–Crippen MR) is 107 cm³/mol. The van der Waals surface area contributed by atoms with Gasteiger partial charge in [-0.2, -0.15) is 0 Å². The van der Waals surface area contributed by atoms with Crippen LogP contribution >= 0.6 is 0 Å². The summed E-state index contributed by atoms with van der Waals surface area (Å²) in [6, 6.07) is 3.95. The van der Waals surface area contributed by atoms with E-state index in [1.165, 1.54) is 0 Å². The quantitative estimate of drug-likeness (QED) is 0.567. The van der Waals surface area contributed by atoms with Gasteiger partial charge in [0.25, 0.3) is 0 Å². The number of hydrogen-bond donors (Lipinski definition) is 1. The molecular formula is C22H31NO5. The molecule has 0 amide bonds. The third-order valence-corrected chi connectivity index (χ3v) is 5.50. The SMILES string of the molecule is C/C=C/C(C)(C)CC1NCC(c2cc(OC)c3c(c2)OCO3)C1C(=O)OCC. The first-order valence-electron chi connectivity index (χ1n) is 9.91. The van der Waals surface area contributed by atoms with Crippen molar-refractivity contribution in [2.75, 3.05) is 27.1 Å². The maximum absolute atomic E-state index is 12.9. The Hall–Kier alpha value is -2.21. The van der Waals surface area contributed by atoms with E-state index in [1.807, 2.05) is 26.0 Å². The molecule has 3 rings (SSSR count). The van der Waals surface area contributed by atoms with Crippen molar-refractivity contribution in [1.82, 2.24) is 5.32 Å². The first-order valence-corrected chi connectivity index (χ1v) is 9.91. The number of nitrogens with one attached hydrogen (secondary N) is 1. The maximum Gasteiger partial charge on any atom is 0.311 e. The molecule has 154 valence electrons. The molecule has 1 fully saturated rings. The molecule has 3 unspecified atom stereocenters. The summed E-state index contributed by atoms with van der Waals surface area (Å²) >= 11 is 0. The van der Waals surface area contributed by atoms with Crippen LogP contribution in [0.2, 0.25) is 0 Å². The topological polar surface area (TPSA) is 66.0 Å². The molecule has 2 aliphatic rings. The number of esters is 1. The van der Waals surface area contributed by atoms with Gasteiger partial charge in [0, 0.05) is 18.5 Å². The number of allylic oxidation sites excluding steroid dienone is 2. The van der Waals surface area contributed by atoms with Crippen LogP contribution in [0.3, 0.4) is 0 Å². The monoisotopic (exact) mass is 389 g/mol. The summed E-state index contributed by atoms with van der Waals surface area (Å²) in [5.74, 6) is 1.47. The third-order valence-electron chi connectivity index (χ3n) is 5.50. The van der Waals surface area contributed by atoms with E-state index < -0.39 is 0 Å². The van der Waals surface area contributed by atoms with Gasteiger partial charge in [0.05, 0.1) is 19.6 Å². The van der Waals surface area contributed by atoms with Crippen molar-refractivity contribution in [3.05, 3.63) is 29.8 Å².